The van der Waals surface area contributed by atoms with Gasteiger partial charge in [0.1, 0.15) is 5.82 Å². The molecule has 0 saturated heterocycles. The summed E-state index contributed by atoms with van der Waals surface area (Å²) in [7, 11) is 0. The van der Waals surface area contributed by atoms with Crippen LogP contribution in [0.15, 0.2) is 27.2 Å². The number of halogens is 2. The van der Waals surface area contributed by atoms with Gasteiger partial charge >= 0.3 is 0 Å². The lowest BCUT2D eigenvalue weighted by molar-refractivity contribution is 0.374. The lowest BCUT2D eigenvalue weighted by Gasteiger charge is -1.98. The van der Waals surface area contributed by atoms with E-state index in [1.807, 2.05) is 0 Å². The van der Waals surface area contributed by atoms with Crippen LogP contribution in [0.2, 0.25) is 0 Å². The molecule has 1 aromatic carbocycles. The highest BCUT2D eigenvalue weighted by molar-refractivity contribution is 9.10. The average Bonchev–Trinajstić information content (AvgIpc) is 2.87. The molecule has 0 amide bonds. The molecule has 0 aliphatic carbocycles. The Morgan fingerprint density at radius 1 is 1.20 bits per heavy atom. The van der Waals surface area contributed by atoms with Gasteiger partial charge in [0.05, 0.1) is 0 Å². The quantitative estimate of drug-likeness (QED) is 0.779. The second kappa shape index (κ2) is 7.50. The van der Waals surface area contributed by atoms with Gasteiger partial charge in [0.15, 0.2) is 0 Å². The van der Waals surface area contributed by atoms with Crippen LogP contribution in [0.5, 0.6) is 0 Å². The van der Waals surface area contributed by atoms with Crippen LogP contribution in [0.1, 0.15) is 31.6 Å². The van der Waals surface area contributed by atoms with Gasteiger partial charge in [-0.15, -0.1) is 0 Å². The molecule has 0 aliphatic rings. The Balaban J connectivity index is 1.95. The normalized spacial score (nSPS) is 10.9. The predicted molar refractivity (Wildman–Crippen MR) is 78.6 cm³/mol. The highest BCUT2D eigenvalue weighted by Crippen LogP contribution is 2.26. The van der Waals surface area contributed by atoms with Crippen LogP contribution in [-0.2, 0) is 6.42 Å². The van der Waals surface area contributed by atoms with Crippen molar-refractivity contribution in [2.75, 3.05) is 6.54 Å². The molecule has 0 aliphatic heterocycles. The Bertz CT molecular complexity index is 559. The summed E-state index contributed by atoms with van der Waals surface area (Å²) in [4.78, 5) is 4.33. The van der Waals surface area contributed by atoms with E-state index < -0.39 is 0 Å². The Kier molecular flexibility index (Phi) is 5.67. The van der Waals surface area contributed by atoms with Crippen molar-refractivity contribution in [3.05, 3.63) is 34.4 Å². The van der Waals surface area contributed by atoms with E-state index in [-0.39, 0.29) is 5.82 Å². The molecule has 4 nitrogen and oxygen atoms in total. The first-order chi connectivity index (χ1) is 9.70. The summed E-state index contributed by atoms with van der Waals surface area (Å²) in [5.74, 6) is 0.794. The summed E-state index contributed by atoms with van der Waals surface area (Å²) >= 11 is 3.30. The lowest BCUT2D eigenvalue weighted by atomic mass is 10.1. The molecule has 0 radical (unpaired) electrons. The Morgan fingerprint density at radius 2 is 2.00 bits per heavy atom. The standard InChI is InChI=1S/C14H17BrFN3O/c15-12-9-10(16)6-7-11(12)14-18-13(20-19-14)5-3-1-2-4-8-17/h6-7,9H,1-5,8,17H2. The van der Waals surface area contributed by atoms with Gasteiger partial charge in [-0.2, -0.15) is 4.98 Å². The number of aryl methyl sites for hydroxylation is 1. The molecular formula is C14H17BrFN3O. The van der Waals surface area contributed by atoms with Gasteiger partial charge in [0, 0.05) is 16.5 Å². The van der Waals surface area contributed by atoms with Gasteiger partial charge in [-0.1, -0.05) is 18.0 Å². The zero-order chi connectivity index (χ0) is 14.4. The molecule has 108 valence electrons. The fourth-order valence-corrected chi connectivity index (χ4v) is 2.44. The van der Waals surface area contributed by atoms with Crippen LogP contribution in [-0.4, -0.2) is 16.7 Å². The molecule has 1 aromatic heterocycles. The molecule has 0 atom stereocenters. The molecule has 2 rings (SSSR count). The van der Waals surface area contributed by atoms with Crippen LogP contribution in [0.25, 0.3) is 11.4 Å². The van der Waals surface area contributed by atoms with E-state index >= 15 is 0 Å². The second-order valence-electron chi connectivity index (χ2n) is 4.59. The maximum absolute atomic E-state index is 13.0. The SMILES string of the molecule is NCCCCCCc1nc(-c2ccc(F)cc2Br)no1. The molecule has 2 N–H and O–H groups in total. The summed E-state index contributed by atoms with van der Waals surface area (Å²) in [6.45, 7) is 0.739. The smallest absolute Gasteiger partial charge is 0.226 e. The third-order valence-corrected chi connectivity index (χ3v) is 3.64. The van der Waals surface area contributed by atoms with E-state index in [1.54, 1.807) is 6.07 Å². The number of hydrogen-bond donors (Lipinski definition) is 1. The number of unbranched alkanes of at least 4 members (excludes halogenated alkanes) is 3. The molecule has 1 heterocycles. The number of aromatic nitrogens is 2. The van der Waals surface area contributed by atoms with Gasteiger partial charge in [0.25, 0.3) is 0 Å². The first-order valence-electron chi connectivity index (χ1n) is 6.69. The van der Waals surface area contributed by atoms with E-state index in [4.69, 9.17) is 10.3 Å². The monoisotopic (exact) mass is 341 g/mol. The first kappa shape index (κ1) is 15.1. The lowest BCUT2D eigenvalue weighted by Crippen LogP contribution is -1.97. The summed E-state index contributed by atoms with van der Waals surface area (Å²) in [5.41, 5.74) is 6.17. The minimum Gasteiger partial charge on any atom is -0.339 e. The van der Waals surface area contributed by atoms with Crippen molar-refractivity contribution in [2.24, 2.45) is 5.73 Å². The highest BCUT2D eigenvalue weighted by Gasteiger charge is 2.11. The molecule has 0 spiro atoms. The van der Waals surface area contributed by atoms with Crippen molar-refractivity contribution >= 4 is 15.9 Å². The van der Waals surface area contributed by atoms with Gasteiger partial charge < -0.3 is 10.3 Å². The number of rotatable bonds is 7. The van der Waals surface area contributed by atoms with E-state index in [0.717, 1.165) is 44.2 Å². The average molecular weight is 342 g/mol. The topological polar surface area (TPSA) is 64.9 Å². The highest BCUT2D eigenvalue weighted by atomic mass is 79.9. The van der Waals surface area contributed by atoms with Crippen molar-refractivity contribution in [1.82, 2.24) is 10.1 Å². The van der Waals surface area contributed by atoms with Crippen LogP contribution >= 0.6 is 15.9 Å². The van der Waals surface area contributed by atoms with Crippen LogP contribution in [0.3, 0.4) is 0 Å². The molecule has 0 fully saturated rings. The van der Waals surface area contributed by atoms with Gasteiger partial charge in [-0.05, 0) is 53.5 Å². The molecule has 20 heavy (non-hydrogen) atoms. The van der Waals surface area contributed by atoms with E-state index in [2.05, 4.69) is 26.1 Å². The molecule has 0 unspecified atom stereocenters. The Labute approximate surface area is 125 Å². The minimum absolute atomic E-state index is 0.302. The van der Waals surface area contributed by atoms with Crippen molar-refractivity contribution in [1.29, 1.82) is 0 Å². The summed E-state index contributed by atoms with van der Waals surface area (Å²) in [6, 6.07) is 4.40. The summed E-state index contributed by atoms with van der Waals surface area (Å²) in [5, 5.41) is 3.93. The third-order valence-electron chi connectivity index (χ3n) is 2.98. The zero-order valence-corrected chi connectivity index (χ0v) is 12.7. The van der Waals surface area contributed by atoms with E-state index in [9.17, 15) is 4.39 Å². The van der Waals surface area contributed by atoms with Crippen LogP contribution in [0.4, 0.5) is 4.39 Å². The first-order valence-corrected chi connectivity index (χ1v) is 7.48. The molecule has 0 saturated carbocycles. The maximum atomic E-state index is 13.0. The number of nitrogens with two attached hydrogens (primary N) is 1. The molecule has 2 aromatic rings. The van der Waals surface area contributed by atoms with Gasteiger partial charge in [-0.25, -0.2) is 4.39 Å². The fraction of sp³-hybridized carbons (Fsp3) is 0.429. The predicted octanol–water partition coefficient (Wildman–Crippen LogP) is 3.70. The maximum Gasteiger partial charge on any atom is 0.226 e. The van der Waals surface area contributed by atoms with Crippen LogP contribution < -0.4 is 5.73 Å². The fourth-order valence-electron chi connectivity index (χ4n) is 1.91. The largest absolute Gasteiger partial charge is 0.339 e. The van der Waals surface area contributed by atoms with Crippen molar-refractivity contribution in [3.63, 3.8) is 0 Å². The zero-order valence-electron chi connectivity index (χ0n) is 11.1. The third kappa shape index (κ3) is 4.11. The minimum atomic E-state index is -0.302. The summed E-state index contributed by atoms with van der Waals surface area (Å²) < 4.78 is 18.9. The van der Waals surface area contributed by atoms with Gasteiger partial charge in [-0.3, -0.25) is 0 Å². The van der Waals surface area contributed by atoms with Gasteiger partial charge in [0.2, 0.25) is 11.7 Å². The molecule has 0 bridgehead atoms. The Hall–Kier alpha value is -1.27. The second-order valence-corrected chi connectivity index (χ2v) is 5.44. The Morgan fingerprint density at radius 3 is 2.75 bits per heavy atom. The number of benzene rings is 1. The number of hydrogen-bond acceptors (Lipinski definition) is 4. The van der Waals surface area contributed by atoms with E-state index in [0.29, 0.717) is 16.2 Å². The van der Waals surface area contributed by atoms with Crippen molar-refractivity contribution < 1.29 is 8.91 Å². The molecule has 6 heteroatoms. The van der Waals surface area contributed by atoms with E-state index in [1.165, 1.54) is 12.1 Å². The van der Waals surface area contributed by atoms with Crippen molar-refractivity contribution in [2.45, 2.75) is 32.1 Å². The number of nitrogens with zero attached hydrogens (tertiary/aromatic N) is 2. The van der Waals surface area contributed by atoms with Crippen molar-refractivity contribution in [3.8, 4) is 11.4 Å². The summed E-state index contributed by atoms with van der Waals surface area (Å²) in [6.07, 6.45) is 5.05. The van der Waals surface area contributed by atoms with Crippen LogP contribution in [0, 0.1) is 5.82 Å². The molecular weight excluding hydrogens is 325 g/mol.